The number of rotatable bonds is 8. The van der Waals surface area contributed by atoms with Crippen molar-refractivity contribution in [3.05, 3.63) is 51.5 Å². The first-order valence-electron chi connectivity index (χ1n) is 9.97. The molecule has 0 spiro atoms. The third kappa shape index (κ3) is 6.33. The second kappa shape index (κ2) is 10.4. The van der Waals surface area contributed by atoms with E-state index in [2.05, 4.69) is 58.6 Å². The third-order valence-corrected chi connectivity index (χ3v) is 5.73. The highest BCUT2D eigenvalue weighted by molar-refractivity contribution is 7.11. The molecule has 146 valence electrons. The lowest BCUT2D eigenvalue weighted by molar-refractivity contribution is 0.252. The van der Waals surface area contributed by atoms with Gasteiger partial charge in [0.05, 0.1) is 5.01 Å². The van der Waals surface area contributed by atoms with Crippen LogP contribution in [-0.2, 0) is 19.4 Å². The van der Waals surface area contributed by atoms with Gasteiger partial charge >= 0.3 is 0 Å². The number of aromatic nitrogens is 1. The van der Waals surface area contributed by atoms with Crippen LogP contribution < -0.4 is 10.6 Å². The van der Waals surface area contributed by atoms with Crippen LogP contribution in [0.5, 0.6) is 0 Å². The van der Waals surface area contributed by atoms with Gasteiger partial charge in [0.15, 0.2) is 5.96 Å². The number of fused-ring (bicyclic) bond motifs is 1. The normalized spacial score (nSPS) is 14.8. The Hall–Kier alpha value is -1.92. The fourth-order valence-electron chi connectivity index (χ4n) is 3.38. The van der Waals surface area contributed by atoms with Crippen molar-refractivity contribution in [2.24, 2.45) is 4.99 Å². The monoisotopic (exact) mass is 385 g/mol. The molecule has 3 rings (SSSR count). The van der Waals surface area contributed by atoms with Crippen molar-refractivity contribution in [2.75, 3.05) is 32.7 Å². The Bertz CT molecular complexity index is 740. The zero-order valence-corrected chi connectivity index (χ0v) is 17.3. The van der Waals surface area contributed by atoms with Crippen LogP contribution in [0.25, 0.3) is 0 Å². The molecule has 2 heterocycles. The Morgan fingerprint density at radius 1 is 1.26 bits per heavy atom. The summed E-state index contributed by atoms with van der Waals surface area (Å²) in [6.45, 7) is 10.1. The van der Waals surface area contributed by atoms with Gasteiger partial charge in [-0.15, -0.1) is 11.3 Å². The molecule has 2 N–H and O–H groups in total. The average molecular weight is 386 g/mol. The summed E-state index contributed by atoms with van der Waals surface area (Å²) in [6.07, 6.45) is 5.14. The van der Waals surface area contributed by atoms with E-state index in [1.165, 1.54) is 27.4 Å². The molecule has 27 heavy (non-hydrogen) atoms. The molecule has 0 saturated carbocycles. The molecule has 0 bridgehead atoms. The van der Waals surface area contributed by atoms with Crippen molar-refractivity contribution in [1.29, 1.82) is 0 Å². The Morgan fingerprint density at radius 3 is 2.89 bits per heavy atom. The highest BCUT2D eigenvalue weighted by Crippen LogP contribution is 2.18. The zero-order chi connectivity index (χ0) is 18.9. The summed E-state index contributed by atoms with van der Waals surface area (Å²) in [5, 5.41) is 7.94. The molecule has 1 aromatic carbocycles. The van der Waals surface area contributed by atoms with Gasteiger partial charge in [0.1, 0.15) is 0 Å². The Kier molecular flexibility index (Phi) is 7.66. The molecule has 0 atom stereocenters. The van der Waals surface area contributed by atoms with E-state index >= 15 is 0 Å². The number of aliphatic imine (C=N–C) groups is 1. The molecule has 2 aromatic rings. The smallest absolute Gasteiger partial charge is 0.191 e. The van der Waals surface area contributed by atoms with Crippen molar-refractivity contribution < 1.29 is 0 Å². The Labute approximate surface area is 166 Å². The lowest BCUT2D eigenvalue weighted by Crippen LogP contribution is -2.38. The molecular formula is C21H31N5S. The van der Waals surface area contributed by atoms with Crippen LogP contribution >= 0.6 is 11.3 Å². The van der Waals surface area contributed by atoms with Gasteiger partial charge < -0.3 is 10.6 Å². The predicted molar refractivity (Wildman–Crippen MR) is 115 cm³/mol. The fraction of sp³-hybridized carbons (Fsp3) is 0.524. The SMILES string of the molecule is CCNC(=NCCCN1CCc2ccccc2C1)NCCc1ncc(C)s1. The van der Waals surface area contributed by atoms with E-state index in [-0.39, 0.29) is 0 Å². The minimum atomic E-state index is 0.851. The first-order valence-corrected chi connectivity index (χ1v) is 10.8. The second-order valence-corrected chi connectivity index (χ2v) is 8.27. The van der Waals surface area contributed by atoms with E-state index in [4.69, 9.17) is 4.99 Å². The average Bonchev–Trinajstić information content (AvgIpc) is 3.10. The molecule has 5 nitrogen and oxygen atoms in total. The van der Waals surface area contributed by atoms with Crippen LogP contribution in [0.15, 0.2) is 35.5 Å². The number of guanidine groups is 1. The van der Waals surface area contributed by atoms with Gasteiger partial charge in [-0.1, -0.05) is 24.3 Å². The van der Waals surface area contributed by atoms with Gasteiger partial charge in [-0.2, -0.15) is 0 Å². The molecule has 0 unspecified atom stereocenters. The molecule has 0 saturated heterocycles. The number of nitrogens with zero attached hydrogens (tertiary/aromatic N) is 3. The quantitative estimate of drug-likeness (QED) is 0.417. The van der Waals surface area contributed by atoms with Gasteiger partial charge in [-0.25, -0.2) is 4.98 Å². The molecule has 1 aliphatic heterocycles. The number of hydrogen-bond donors (Lipinski definition) is 2. The maximum absolute atomic E-state index is 4.73. The first kappa shape index (κ1) is 19.8. The van der Waals surface area contributed by atoms with Crippen LogP contribution in [0, 0.1) is 6.92 Å². The highest BCUT2D eigenvalue weighted by Gasteiger charge is 2.14. The van der Waals surface area contributed by atoms with Crippen LogP contribution in [0.4, 0.5) is 0 Å². The number of hydrogen-bond acceptors (Lipinski definition) is 4. The maximum Gasteiger partial charge on any atom is 0.191 e. The topological polar surface area (TPSA) is 52.6 Å². The molecule has 0 fully saturated rings. The second-order valence-electron chi connectivity index (χ2n) is 6.95. The van der Waals surface area contributed by atoms with E-state index in [0.717, 1.165) is 58.1 Å². The summed E-state index contributed by atoms with van der Waals surface area (Å²) in [4.78, 5) is 13.0. The minimum Gasteiger partial charge on any atom is -0.357 e. The first-order chi connectivity index (χ1) is 13.2. The van der Waals surface area contributed by atoms with E-state index in [1.807, 2.05) is 6.20 Å². The summed E-state index contributed by atoms with van der Waals surface area (Å²) in [5.41, 5.74) is 3.00. The summed E-state index contributed by atoms with van der Waals surface area (Å²) in [6, 6.07) is 8.82. The lowest BCUT2D eigenvalue weighted by Gasteiger charge is -2.28. The van der Waals surface area contributed by atoms with Crippen LogP contribution in [0.3, 0.4) is 0 Å². The number of thiazole rings is 1. The molecule has 6 heteroatoms. The van der Waals surface area contributed by atoms with Crippen molar-refractivity contribution >= 4 is 17.3 Å². The van der Waals surface area contributed by atoms with E-state index in [9.17, 15) is 0 Å². The Morgan fingerprint density at radius 2 is 2.11 bits per heavy atom. The maximum atomic E-state index is 4.73. The largest absolute Gasteiger partial charge is 0.357 e. The van der Waals surface area contributed by atoms with Gasteiger partial charge in [0, 0.05) is 56.8 Å². The standard InChI is InChI=1S/C21H31N5S/c1-3-22-21(24-12-9-20-25-15-17(2)27-20)23-11-6-13-26-14-10-18-7-4-5-8-19(18)16-26/h4-5,7-8,15H,3,6,9-14,16H2,1-2H3,(H2,22,23,24). The zero-order valence-electron chi connectivity index (χ0n) is 16.5. The number of benzene rings is 1. The molecule has 0 amide bonds. The van der Waals surface area contributed by atoms with Crippen molar-refractivity contribution in [3.8, 4) is 0 Å². The number of aryl methyl sites for hydroxylation is 1. The summed E-state index contributed by atoms with van der Waals surface area (Å²) >= 11 is 1.77. The van der Waals surface area contributed by atoms with Crippen molar-refractivity contribution in [1.82, 2.24) is 20.5 Å². The third-order valence-electron chi connectivity index (χ3n) is 4.76. The lowest BCUT2D eigenvalue weighted by atomic mass is 10.00. The Balaban J connectivity index is 1.38. The highest BCUT2D eigenvalue weighted by atomic mass is 32.1. The minimum absolute atomic E-state index is 0.851. The number of nitrogens with one attached hydrogen (secondary N) is 2. The molecule has 1 aromatic heterocycles. The summed E-state index contributed by atoms with van der Waals surface area (Å²) in [7, 11) is 0. The van der Waals surface area contributed by atoms with Gasteiger partial charge in [0.2, 0.25) is 0 Å². The van der Waals surface area contributed by atoms with Gasteiger partial charge in [-0.05, 0) is 37.8 Å². The van der Waals surface area contributed by atoms with E-state index < -0.39 is 0 Å². The van der Waals surface area contributed by atoms with E-state index in [0.29, 0.717) is 0 Å². The van der Waals surface area contributed by atoms with E-state index in [1.54, 1.807) is 11.3 Å². The molecule has 1 aliphatic rings. The van der Waals surface area contributed by atoms with Gasteiger partial charge in [-0.3, -0.25) is 9.89 Å². The molecule has 0 radical (unpaired) electrons. The molecule has 0 aliphatic carbocycles. The van der Waals surface area contributed by atoms with Gasteiger partial charge in [0.25, 0.3) is 0 Å². The molecular weight excluding hydrogens is 354 g/mol. The summed E-state index contributed by atoms with van der Waals surface area (Å²) in [5.74, 6) is 0.912. The van der Waals surface area contributed by atoms with Crippen LogP contribution in [0.1, 0.15) is 34.4 Å². The van der Waals surface area contributed by atoms with Crippen LogP contribution in [0.2, 0.25) is 0 Å². The summed E-state index contributed by atoms with van der Waals surface area (Å²) < 4.78 is 0. The fourth-order valence-corrected chi connectivity index (χ4v) is 4.16. The van der Waals surface area contributed by atoms with Crippen molar-refractivity contribution in [2.45, 2.75) is 39.7 Å². The van der Waals surface area contributed by atoms with Crippen LogP contribution in [-0.4, -0.2) is 48.6 Å². The predicted octanol–water partition coefficient (Wildman–Crippen LogP) is 3.00. The van der Waals surface area contributed by atoms with Crippen molar-refractivity contribution in [3.63, 3.8) is 0 Å².